The van der Waals surface area contributed by atoms with E-state index in [4.69, 9.17) is 0 Å². The maximum atomic E-state index is 10.6. The first kappa shape index (κ1) is 14.5. The van der Waals surface area contributed by atoms with Crippen molar-refractivity contribution in [3.05, 3.63) is 35.4 Å². The van der Waals surface area contributed by atoms with Crippen LogP contribution in [0.1, 0.15) is 38.3 Å². The molecule has 1 rings (SSSR count). The minimum Gasteiger partial charge on any atom is -0.374 e. The number of nitrogens with zero attached hydrogens (tertiary/aromatic N) is 1. The molecule has 0 aliphatic rings. The van der Waals surface area contributed by atoms with Crippen molar-refractivity contribution in [2.75, 3.05) is 18.5 Å². The van der Waals surface area contributed by atoms with E-state index < -0.39 is 0 Å². The molecule has 0 fully saturated rings. The van der Waals surface area contributed by atoms with Gasteiger partial charge in [0, 0.05) is 24.8 Å². The number of benzene rings is 1. The van der Waals surface area contributed by atoms with Crippen LogP contribution in [0.5, 0.6) is 0 Å². The summed E-state index contributed by atoms with van der Waals surface area (Å²) in [4.78, 5) is 12.9. The Morgan fingerprint density at radius 1 is 1.33 bits per heavy atom. The summed E-state index contributed by atoms with van der Waals surface area (Å²) >= 11 is 0. The number of hydrogen-bond acceptors (Lipinski definition) is 2. The zero-order valence-electron chi connectivity index (χ0n) is 11.9. The van der Waals surface area contributed by atoms with Gasteiger partial charge < -0.3 is 4.90 Å². The van der Waals surface area contributed by atoms with E-state index in [1.807, 2.05) is 6.92 Å². The molecule has 0 radical (unpaired) electrons. The van der Waals surface area contributed by atoms with Crippen molar-refractivity contribution in [1.82, 2.24) is 0 Å². The van der Waals surface area contributed by atoms with Crippen LogP contribution in [0, 0.1) is 0 Å². The lowest BCUT2D eigenvalue weighted by Crippen LogP contribution is -2.19. The molecule has 0 aromatic heterocycles. The number of anilines is 1. The molecule has 0 spiro atoms. The van der Waals surface area contributed by atoms with Gasteiger partial charge in [0.05, 0.1) is 0 Å². The van der Waals surface area contributed by atoms with Crippen molar-refractivity contribution in [2.45, 2.75) is 33.6 Å². The molecule has 0 aliphatic heterocycles. The highest BCUT2D eigenvalue weighted by molar-refractivity contribution is 5.85. The molecule has 0 amide bonds. The van der Waals surface area contributed by atoms with Crippen molar-refractivity contribution < 1.29 is 4.79 Å². The van der Waals surface area contributed by atoms with E-state index in [0.29, 0.717) is 0 Å². The Kier molecular flexibility index (Phi) is 5.63. The average molecular weight is 245 g/mol. The number of allylic oxidation sites excluding steroid dienone is 2. The van der Waals surface area contributed by atoms with Gasteiger partial charge in [0.1, 0.15) is 6.29 Å². The quantitative estimate of drug-likeness (QED) is 0.562. The van der Waals surface area contributed by atoms with Crippen LogP contribution in [0.3, 0.4) is 0 Å². The highest BCUT2D eigenvalue weighted by Gasteiger charge is 2.09. The highest BCUT2D eigenvalue weighted by atomic mass is 16.1. The zero-order chi connectivity index (χ0) is 13.5. The lowest BCUT2D eigenvalue weighted by atomic mass is 10.0. The van der Waals surface area contributed by atoms with E-state index in [1.165, 1.54) is 11.3 Å². The lowest BCUT2D eigenvalue weighted by Gasteiger charge is -2.23. The van der Waals surface area contributed by atoms with Crippen LogP contribution < -0.4 is 4.90 Å². The molecule has 2 heteroatoms. The van der Waals surface area contributed by atoms with E-state index in [2.05, 4.69) is 44.0 Å². The normalized spacial score (nSPS) is 11.4. The van der Waals surface area contributed by atoms with Gasteiger partial charge in [0.15, 0.2) is 0 Å². The van der Waals surface area contributed by atoms with Gasteiger partial charge in [0.25, 0.3) is 0 Å². The van der Waals surface area contributed by atoms with Gasteiger partial charge in [-0.3, -0.25) is 4.79 Å². The molecule has 1 aromatic rings. The van der Waals surface area contributed by atoms with Gasteiger partial charge in [-0.05, 0) is 43.0 Å². The maximum Gasteiger partial charge on any atom is 0.143 e. The minimum atomic E-state index is 0.854. The zero-order valence-corrected chi connectivity index (χ0v) is 11.9. The first-order chi connectivity index (χ1) is 8.63. The summed E-state index contributed by atoms with van der Waals surface area (Å²) in [7, 11) is 2.11. The number of carbonyl (C=O) groups excluding carboxylic acids is 1. The predicted molar refractivity (Wildman–Crippen MR) is 79.1 cm³/mol. The summed E-state index contributed by atoms with van der Waals surface area (Å²) in [6.07, 6.45) is 4.63. The van der Waals surface area contributed by atoms with Crippen molar-refractivity contribution in [3.63, 3.8) is 0 Å². The summed E-state index contributed by atoms with van der Waals surface area (Å²) in [6, 6.07) is 6.49. The molecule has 2 nitrogen and oxygen atoms in total. The van der Waals surface area contributed by atoms with E-state index in [9.17, 15) is 4.79 Å². The lowest BCUT2D eigenvalue weighted by molar-refractivity contribution is -0.104. The van der Waals surface area contributed by atoms with Gasteiger partial charge in [-0.2, -0.15) is 0 Å². The summed E-state index contributed by atoms with van der Waals surface area (Å²) in [6.45, 7) is 7.34. The van der Waals surface area contributed by atoms with Crippen molar-refractivity contribution in [3.8, 4) is 0 Å². The average Bonchev–Trinajstić information content (AvgIpc) is 2.38. The van der Waals surface area contributed by atoms with Gasteiger partial charge in [-0.25, -0.2) is 0 Å². The van der Waals surface area contributed by atoms with Crippen molar-refractivity contribution in [1.29, 1.82) is 0 Å². The summed E-state index contributed by atoms with van der Waals surface area (Å²) in [5, 5.41) is 0. The number of aryl methyl sites for hydroxylation is 1. The topological polar surface area (TPSA) is 20.3 Å². The molecular weight excluding hydrogens is 222 g/mol. The number of aldehydes is 1. The monoisotopic (exact) mass is 245 g/mol. The Morgan fingerprint density at radius 3 is 2.61 bits per heavy atom. The van der Waals surface area contributed by atoms with E-state index in [-0.39, 0.29) is 0 Å². The van der Waals surface area contributed by atoms with Crippen LogP contribution in [-0.4, -0.2) is 19.9 Å². The van der Waals surface area contributed by atoms with Crippen LogP contribution in [0.15, 0.2) is 24.3 Å². The maximum absolute atomic E-state index is 10.6. The molecule has 0 heterocycles. The third kappa shape index (κ3) is 3.46. The second-order valence-electron chi connectivity index (χ2n) is 4.61. The Hall–Kier alpha value is -1.57. The first-order valence-electron chi connectivity index (χ1n) is 6.60. The molecule has 0 saturated heterocycles. The standard InChI is InChI=1S/C16H23NO/c1-5-10-17(4)16-12-14(6-2)7-8-15(16)13(3)9-11-18/h7-9,11-12H,5-6,10H2,1-4H3/b13-9-. The predicted octanol–water partition coefficient (Wildman–Crippen LogP) is 3.70. The number of rotatable bonds is 6. The van der Waals surface area contributed by atoms with Crippen molar-refractivity contribution >= 4 is 17.5 Å². The van der Waals surface area contributed by atoms with Crippen LogP contribution in [0.2, 0.25) is 0 Å². The van der Waals surface area contributed by atoms with Crippen LogP contribution in [0.4, 0.5) is 5.69 Å². The smallest absolute Gasteiger partial charge is 0.143 e. The van der Waals surface area contributed by atoms with Crippen LogP contribution >= 0.6 is 0 Å². The molecular formula is C16H23NO. The summed E-state index contributed by atoms with van der Waals surface area (Å²) < 4.78 is 0. The molecule has 0 unspecified atom stereocenters. The Labute approximate surface area is 110 Å². The second kappa shape index (κ2) is 7.00. The fraction of sp³-hybridized carbons (Fsp3) is 0.438. The third-order valence-electron chi connectivity index (χ3n) is 3.18. The van der Waals surface area contributed by atoms with Gasteiger partial charge in [-0.15, -0.1) is 0 Å². The molecule has 0 saturated carbocycles. The van der Waals surface area contributed by atoms with Crippen molar-refractivity contribution in [2.24, 2.45) is 0 Å². The number of hydrogen-bond donors (Lipinski definition) is 0. The Balaban J connectivity index is 3.23. The molecule has 0 aliphatic carbocycles. The largest absolute Gasteiger partial charge is 0.374 e. The fourth-order valence-corrected chi connectivity index (χ4v) is 2.09. The Bertz CT molecular complexity index is 435. The molecule has 98 valence electrons. The highest BCUT2D eigenvalue weighted by Crippen LogP contribution is 2.28. The summed E-state index contributed by atoms with van der Waals surface area (Å²) in [5.74, 6) is 0. The third-order valence-corrected chi connectivity index (χ3v) is 3.18. The molecule has 1 aromatic carbocycles. The van der Waals surface area contributed by atoms with Crippen LogP contribution in [-0.2, 0) is 11.2 Å². The number of carbonyl (C=O) groups is 1. The minimum absolute atomic E-state index is 0.854. The SMILES string of the molecule is CCCN(C)c1cc(CC)ccc1/C(C)=C\C=O. The first-order valence-corrected chi connectivity index (χ1v) is 6.60. The molecule has 0 bridgehead atoms. The second-order valence-corrected chi connectivity index (χ2v) is 4.61. The molecule has 0 N–H and O–H groups in total. The Morgan fingerprint density at radius 2 is 2.06 bits per heavy atom. The van der Waals surface area contributed by atoms with E-state index in [1.54, 1.807) is 6.08 Å². The van der Waals surface area contributed by atoms with E-state index in [0.717, 1.165) is 36.8 Å². The van der Waals surface area contributed by atoms with E-state index >= 15 is 0 Å². The molecule has 0 atom stereocenters. The fourth-order valence-electron chi connectivity index (χ4n) is 2.09. The van der Waals surface area contributed by atoms with Gasteiger partial charge >= 0.3 is 0 Å². The van der Waals surface area contributed by atoms with Gasteiger partial charge in [-0.1, -0.05) is 26.0 Å². The summed E-state index contributed by atoms with van der Waals surface area (Å²) in [5.41, 5.74) is 4.71. The van der Waals surface area contributed by atoms with Crippen LogP contribution in [0.25, 0.3) is 5.57 Å². The molecule has 18 heavy (non-hydrogen) atoms. The van der Waals surface area contributed by atoms with Gasteiger partial charge in [0.2, 0.25) is 0 Å².